The summed E-state index contributed by atoms with van der Waals surface area (Å²) >= 11 is 1.75. The van der Waals surface area contributed by atoms with Gasteiger partial charge in [0.25, 0.3) is 11.6 Å². The van der Waals surface area contributed by atoms with Crippen LogP contribution in [0.4, 0.5) is 5.69 Å². The van der Waals surface area contributed by atoms with E-state index >= 15 is 0 Å². The molecule has 0 saturated carbocycles. The van der Waals surface area contributed by atoms with Crippen molar-refractivity contribution in [2.75, 3.05) is 12.3 Å². The van der Waals surface area contributed by atoms with Gasteiger partial charge < -0.3 is 4.90 Å². The van der Waals surface area contributed by atoms with Gasteiger partial charge >= 0.3 is 0 Å². The van der Waals surface area contributed by atoms with E-state index in [4.69, 9.17) is 0 Å². The number of nitro groups is 1. The fraction of sp³-hybridized carbons (Fsp3) is 0.278. The first-order chi connectivity index (χ1) is 11.5. The van der Waals surface area contributed by atoms with Crippen LogP contribution in [0, 0.1) is 24.0 Å². The van der Waals surface area contributed by atoms with Crippen LogP contribution in [0.25, 0.3) is 0 Å². The molecule has 124 valence electrons. The van der Waals surface area contributed by atoms with Crippen molar-refractivity contribution >= 4 is 23.4 Å². The molecule has 1 aliphatic heterocycles. The van der Waals surface area contributed by atoms with E-state index in [0.29, 0.717) is 12.1 Å². The molecule has 2 aromatic rings. The monoisotopic (exact) mass is 342 g/mol. The number of amides is 1. The number of benzene rings is 2. The fourth-order valence-corrected chi connectivity index (χ4v) is 4.28. The van der Waals surface area contributed by atoms with Crippen molar-refractivity contribution in [3.63, 3.8) is 0 Å². The third-order valence-corrected chi connectivity index (χ3v) is 5.41. The lowest BCUT2D eigenvalue weighted by atomic mass is 10.0. The topological polar surface area (TPSA) is 63.5 Å². The maximum Gasteiger partial charge on any atom is 0.269 e. The van der Waals surface area contributed by atoms with Crippen molar-refractivity contribution in [2.24, 2.45) is 0 Å². The van der Waals surface area contributed by atoms with Gasteiger partial charge in [0, 0.05) is 30.0 Å². The molecule has 0 bridgehead atoms. The van der Waals surface area contributed by atoms with Crippen molar-refractivity contribution in [3.05, 3.63) is 74.8 Å². The van der Waals surface area contributed by atoms with Gasteiger partial charge in [-0.1, -0.05) is 23.8 Å². The average molecular weight is 342 g/mol. The van der Waals surface area contributed by atoms with Gasteiger partial charge in [0.2, 0.25) is 0 Å². The van der Waals surface area contributed by atoms with E-state index in [0.717, 1.165) is 11.3 Å². The summed E-state index contributed by atoms with van der Waals surface area (Å²) in [6.07, 6.45) is 0. The Morgan fingerprint density at radius 1 is 1.21 bits per heavy atom. The largest absolute Gasteiger partial charge is 0.322 e. The zero-order chi connectivity index (χ0) is 17.3. The van der Waals surface area contributed by atoms with E-state index in [1.165, 1.54) is 35.4 Å². The smallest absolute Gasteiger partial charge is 0.269 e. The lowest BCUT2D eigenvalue weighted by Gasteiger charge is -2.25. The van der Waals surface area contributed by atoms with Crippen LogP contribution in [0.1, 0.15) is 32.4 Å². The highest BCUT2D eigenvalue weighted by molar-refractivity contribution is 7.99. The molecule has 0 aliphatic carbocycles. The first-order valence-electron chi connectivity index (χ1n) is 7.71. The summed E-state index contributed by atoms with van der Waals surface area (Å²) in [5.74, 6) is 0.802. The molecular formula is C18H18N2O3S. The molecule has 1 heterocycles. The highest BCUT2D eigenvalue weighted by Crippen LogP contribution is 2.40. The molecule has 1 fully saturated rings. The molecule has 1 amide bonds. The molecule has 1 atom stereocenters. The molecule has 24 heavy (non-hydrogen) atoms. The molecule has 0 N–H and O–H groups in total. The molecule has 1 unspecified atom stereocenters. The molecule has 0 radical (unpaired) electrons. The van der Waals surface area contributed by atoms with Crippen LogP contribution in [0.15, 0.2) is 42.5 Å². The predicted octanol–water partition coefficient (Wildman–Crippen LogP) is 4.10. The number of carbonyl (C=O) groups excluding carboxylic acids is 1. The first kappa shape index (κ1) is 16.5. The van der Waals surface area contributed by atoms with Crippen LogP contribution >= 0.6 is 11.8 Å². The second kappa shape index (κ2) is 6.65. The Kier molecular flexibility index (Phi) is 4.57. The van der Waals surface area contributed by atoms with Gasteiger partial charge in [-0.2, -0.15) is 0 Å². The standard InChI is InChI=1S/C18H18N2O3S/c1-12-3-8-16(13(2)11-12)18-19(9-10-24-18)17(21)14-4-6-15(7-5-14)20(22)23/h3-8,11,18H,9-10H2,1-2H3. The van der Waals surface area contributed by atoms with Crippen LogP contribution in [-0.2, 0) is 0 Å². The molecule has 6 heteroatoms. The van der Waals surface area contributed by atoms with Crippen molar-refractivity contribution in [2.45, 2.75) is 19.2 Å². The van der Waals surface area contributed by atoms with Crippen LogP contribution in [-0.4, -0.2) is 28.0 Å². The Bertz CT molecular complexity index is 789. The molecule has 1 aliphatic rings. The first-order valence-corrected chi connectivity index (χ1v) is 8.76. The van der Waals surface area contributed by atoms with Crippen LogP contribution in [0.3, 0.4) is 0 Å². The van der Waals surface area contributed by atoms with E-state index in [-0.39, 0.29) is 17.0 Å². The number of non-ortho nitro benzene ring substituents is 1. The Morgan fingerprint density at radius 2 is 1.92 bits per heavy atom. The Hall–Kier alpha value is -2.34. The normalized spacial score (nSPS) is 17.1. The lowest BCUT2D eigenvalue weighted by molar-refractivity contribution is -0.384. The molecular weight excluding hydrogens is 324 g/mol. The minimum absolute atomic E-state index is 0.00621. The van der Waals surface area contributed by atoms with Gasteiger partial charge in [-0.15, -0.1) is 11.8 Å². The lowest BCUT2D eigenvalue weighted by Crippen LogP contribution is -2.30. The van der Waals surface area contributed by atoms with Crippen LogP contribution < -0.4 is 0 Å². The second-order valence-electron chi connectivity index (χ2n) is 5.89. The number of rotatable bonds is 3. The summed E-state index contributed by atoms with van der Waals surface area (Å²) < 4.78 is 0. The Labute approximate surface area is 144 Å². The van der Waals surface area contributed by atoms with Crippen LogP contribution in [0.2, 0.25) is 0 Å². The molecule has 1 saturated heterocycles. The van der Waals surface area contributed by atoms with Crippen LogP contribution in [0.5, 0.6) is 0 Å². The highest BCUT2D eigenvalue weighted by atomic mass is 32.2. The van der Waals surface area contributed by atoms with Gasteiger partial charge in [-0.05, 0) is 37.1 Å². The Morgan fingerprint density at radius 3 is 2.54 bits per heavy atom. The molecule has 2 aromatic carbocycles. The molecule has 3 rings (SSSR count). The van der Waals surface area contributed by atoms with Crippen molar-refractivity contribution in [3.8, 4) is 0 Å². The van der Waals surface area contributed by atoms with Crippen molar-refractivity contribution in [1.29, 1.82) is 0 Å². The second-order valence-corrected chi connectivity index (χ2v) is 7.07. The Balaban J connectivity index is 1.87. The van der Waals surface area contributed by atoms with Crippen molar-refractivity contribution < 1.29 is 9.72 Å². The molecule has 0 aromatic heterocycles. The predicted molar refractivity (Wildman–Crippen MR) is 95.2 cm³/mol. The van der Waals surface area contributed by atoms with E-state index in [1.807, 2.05) is 4.90 Å². The third kappa shape index (κ3) is 3.14. The minimum atomic E-state index is -0.460. The van der Waals surface area contributed by atoms with Gasteiger partial charge in [0.1, 0.15) is 5.37 Å². The number of nitro benzene ring substituents is 1. The molecule has 0 spiro atoms. The molecule has 5 nitrogen and oxygen atoms in total. The number of aryl methyl sites for hydroxylation is 2. The summed E-state index contributed by atoms with van der Waals surface area (Å²) in [6.45, 7) is 4.80. The summed E-state index contributed by atoms with van der Waals surface area (Å²) in [4.78, 5) is 25.0. The fourth-order valence-electron chi connectivity index (χ4n) is 2.93. The summed E-state index contributed by atoms with van der Waals surface area (Å²) in [5.41, 5.74) is 4.01. The number of hydrogen-bond donors (Lipinski definition) is 0. The quantitative estimate of drug-likeness (QED) is 0.622. The number of nitrogens with zero attached hydrogens (tertiary/aromatic N) is 2. The summed E-state index contributed by atoms with van der Waals surface area (Å²) in [7, 11) is 0. The number of thioether (sulfide) groups is 1. The number of carbonyl (C=O) groups is 1. The summed E-state index contributed by atoms with van der Waals surface area (Å²) in [5, 5.41) is 10.7. The van der Waals surface area contributed by atoms with E-state index in [1.54, 1.807) is 11.8 Å². The van der Waals surface area contributed by atoms with E-state index in [9.17, 15) is 14.9 Å². The highest BCUT2D eigenvalue weighted by Gasteiger charge is 2.32. The maximum atomic E-state index is 12.8. The van der Waals surface area contributed by atoms with Gasteiger partial charge in [-0.3, -0.25) is 14.9 Å². The van der Waals surface area contributed by atoms with Crippen molar-refractivity contribution in [1.82, 2.24) is 4.90 Å². The number of hydrogen-bond acceptors (Lipinski definition) is 4. The minimum Gasteiger partial charge on any atom is -0.322 e. The third-order valence-electron chi connectivity index (χ3n) is 4.17. The van der Waals surface area contributed by atoms with Gasteiger partial charge in [-0.25, -0.2) is 0 Å². The van der Waals surface area contributed by atoms with Gasteiger partial charge in [0.05, 0.1) is 4.92 Å². The van der Waals surface area contributed by atoms with E-state index < -0.39 is 4.92 Å². The SMILES string of the molecule is Cc1ccc(C2SCCN2C(=O)c2ccc([N+](=O)[O-])cc2)c(C)c1. The van der Waals surface area contributed by atoms with E-state index in [2.05, 4.69) is 32.0 Å². The zero-order valence-electron chi connectivity index (χ0n) is 13.6. The average Bonchev–Trinajstić information content (AvgIpc) is 3.03. The van der Waals surface area contributed by atoms with Gasteiger partial charge in [0.15, 0.2) is 0 Å². The summed E-state index contributed by atoms with van der Waals surface area (Å²) in [6, 6.07) is 12.1. The zero-order valence-corrected chi connectivity index (χ0v) is 14.4. The maximum absolute atomic E-state index is 12.8.